The van der Waals surface area contributed by atoms with Crippen LogP contribution in [0.1, 0.15) is 15.9 Å². The van der Waals surface area contributed by atoms with Gasteiger partial charge < -0.3 is 9.84 Å². The molecule has 0 heterocycles. The van der Waals surface area contributed by atoms with E-state index in [2.05, 4.69) is 16.6 Å². The lowest BCUT2D eigenvalue weighted by molar-refractivity contribution is -0.133. The second kappa shape index (κ2) is 5.23. The number of hydrogen-bond donors (Lipinski definition) is 1. The number of fused-ring (bicyclic) bond motifs is 1. The Morgan fingerprint density at radius 3 is 2.47 bits per heavy atom. The van der Waals surface area contributed by atoms with E-state index in [1.165, 1.54) is 13.2 Å². The molecule has 0 radical (unpaired) electrons. The third-order valence-electron chi connectivity index (χ3n) is 2.64. The van der Waals surface area contributed by atoms with Crippen LogP contribution in [0.15, 0.2) is 36.4 Å². The van der Waals surface area contributed by atoms with Crippen molar-refractivity contribution in [3.8, 4) is 11.8 Å². The van der Waals surface area contributed by atoms with Crippen molar-refractivity contribution in [2.45, 2.75) is 0 Å². The van der Waals surface area contributed by atoms with E-state index in [1.807, 2.05) is 0 Å². The number of hydrogen-bond acceptors (Lipinski definition) is 3. The summed E-state index contributed by atoms with van der Waals surface area (Å²) in [6.45, 7) is 0. The van der Waals surface area contributed by atoms with Crippen LogP contribution in [0.25, 0.3) is 10.8 Å². The minimum absolute atomic E-state index is 0.208. The molecule has 0 fully saturated rings. The number of benzene rings is 2. The summed E-state index contributed by atoms with van der Waals surface area (Å²) in [4.78, 5) is 22.1. The first-order valence-corrected chi connectivity index (χ1v) is 5.48. The fraction of sp³-hybridized carbons (Fsp3) is 0.0667. The summed E-state index contributed by atoms with van der Waals surface area (Å²) in [5, 5.41) is 10.4. The van der Waals surface area contributed by atoms with E-state index in [-0.39, 0.29) is 5.56 Å². The smallest absolute Gasteiger partial charge is 0.384 e. The molecular weight excluding hydrogens is 244 g/mol. The van der Waals surface area contributed by atoms with Crippen molar-refractivity contribution in [1.82, 2.24) is 0 Å². The van der Waals surface area contributed by atoms with Crippen LogP contribution >= 0.6 is 0 Å². The van der Waals surface area contributed by atoms with Gasteiger partial charge in [0.15, 0.2) is 0 Å². The zero-order chi connectivity index (χ0) is 13.8. The molecule has 94 valence electrons. The monoisotopic (exact) mass is 254 g/mol. The first-order valence-electron chi connectivity index (χ1n) is 5.48. The molecule has 0 amide bonds. The molecule has 1 N–H and O–H groups in total. The van der Waals surface area contributed by atoms with E-state index in [0.29, 0.717) is 16.3 Å². The largest absolute Gasteiger partial charge is 0.478 e. The Morgan fingerprint density at radius 2 is 1.79 bits per heavy atom. The maximum atomic E-state index is 11.1. The molecule has 0 aliphatic carbocycles. The van der Waals surface area contributed by atoms with Gasteiger partial charge in [-0.15, -0.1) is 0 Å². The minimum Gasteiger partial charge on any atom is -0.478 e. The topological polar surface area (TPSA) is 63.6 Å². The number of aromatic carboxylic acids is 1. The summed E-state index contributed by atoms with van der Waals surface area (Å²) in [6.07, 6.45) is 0. The van der Waals surface area contributed by atoms with Gasteiger partial charge in [0, 0.05) is 11.5 Å². The SMILES string of the molecule is COC(=O)C#Cc1cccc2c(C(=O)O)cccc12. The van der Waals surface area contributed by atoms with Crippen molar-refractivity contribution < 1.29 is 19.4 Å². The summed E-state index contributed by atoms with van der Waals surface area (Å²) >= 11 is 0. The number of carbonyl (C=O) groups is 2. The van der Waals surface area contributed by atoms with Crippen LogP contribution in [-0.2, 0) is 9.53 Å². The van der Waals surface area contributed by atoms with Gasteiger partial charge in [-0.1, -0.05) is 30.2 Å². The molecular formula is C15H10O4. The molecule has 0 aromatic heterocycles. The zero-order valence-corrected chi connectivity index (χ0v) is 10.1. The molecule has 19 heavy (non-hydrogen) atoms. The Morgan fingerprint density at radius 1 is 1.11 bits per heavy atom. The Bertz CT molecular complexity index is 720. The molecule has 2 aromatic rings. The first-order chi connectivity index (χ1) is 9.13. The molecule has 0 spiro atoms. The van der Waals surface area contributed by atoms with Crippen molar-refractivity contribution in [3.05, 3.63) is 47.5 Å². The molecule has 2 aromatic carbocycles. The fourth-order valence-electron chi connectivity index (χ4n) is 1.77. The Hall–Kier alpha value is -2.80. The minimum atomic E-state index is -0.997. The Labute approximate surface area is 109 Å². The van der Waals surface area contributed by atoms with Crippen LogP contribution in [0.2, 0.25) is 0 Å². The van der Waals surface area contributed by atoms with E-state index in [4.69, 9.17) is 5.11 Å². The van der Waals surface area contributed by atoms with E-state index < -0.39 is 11.9 Å². The summed E-state index contributed by atoms with van der Waals surface area (Å²) in [7, 11) is 1.25. The van der Waals surface area contributed by atoms with Gasteiger partial charge in [-0.05, 0) is 22.9 Å². The van der Waals surface area contributed by atoms with Crippen LogP contribution in [0.4, 0.5) is 0 Å². The van der Waals surface area contributed by atoms with Crippen molar-refractivity contribution in [2.75, 3.05) is 7.11 Å². The Balaban J connectivity index is 2.64. The highest BCUT2D eigenvalue weighted by molar-refractivity contribution is 6.05. The van der Waals surface area contributed by atoms with Crippen LogP contribution < -0.4 is 0 Å². The van der Waals surface area contributed by atoms with E-state index >= 15 is 0 Å². The lowest BCUT2D eigenvalue weighted by Crippen LogP contribution is -1.98. The van der Waals surface area contributed by atoms with E-state index in [0.717, 1.165) is 0 Å². The predicted molar refractivity (Wildman–Crippen MR) is 69.8 cm³/mol. The highest BCUT2D eigenvalue weighted by Gasteiger charge is 2.09. The third-order valence-corrected chi connectivity index (χ3v) is 2.64. The van der Waals surface area contributed by atoms with Crippen LogP contribution in [0.3, 0.4) is 0 Å². The molecule has 0 unspecified atom stereocenters. The van der Waals surface area contributed by atoms with Crippen molar-refractivity contribution in [2.24, 2.45) is 0 Å². The third kappa shape index (κ3) is 2.55. The lowest BCUT2D eigenvalue weighted by atomic mass is 10.0. The standard InChI is InChI=1S/C15H10O4/c1-19-14(16)9-8-10-4-2-6-12-11(10)5-3-7-13(12)15(17)18/h2-7H,1H3,(H,17,18). The number of rotatable bonds is 1. The van der Waals surface area contributed by atoms with Gasteiger partial charge in [0.25, 0.3) is 0 Å². The number of esters is 1. The number of carboxylic acid groups (broad SMARTS) is 1. The first kappa shape index (κ1) is 12.7. The van der Waals surface area contributed by atoms with Gasteiger partial charge in [0.05, 0.1) is 12.7 Å². The van der Waals surface area contributed by atoms with Gasteiger partial charge in [0.1, 0.15) is 0 Å². The molecule has 4 heteroatoms. The molecule has 4 nitrogen and oxygen atoms in total. The van der Waals surface area contributed by atoms with E-state index in [9.17, 15) is 9.59 Å². The average molecular weight is 254 g/mol. The molecule has 0 aliphatic heterocycles. The lowest BCUT2D eigenvalue weighted by Gasteiger charge is -2.03. The van der Waals surface area contributed by atoms with Crippen molar-refractivity contribution in [1.29, 1.82) is 0 Å². The molecule has 2 rings (SSSR count). The molecule has 0 saturated carbocycles. The zero-order valence-electron chi connectivity index (χ0n) is 10.1. The van der Waals surface area contributed by atoms with Gasteiger partial charge in [-0.2, -0.15) is 0 Å². The maximum absolute atomic E-state index is 11.1. The normalized spacial score (nSPS) is 9.53. The second-order valence-electron chi connectivity index (χ2n) is 3.75. The molecule has 0 bridgehead atoms. The van der Waals surface area contributed by atoms with Gasteiger partial charge >= 0.3 is 11.9 Å². The summed E-state index contributed by atoms with van der Waals surface area (Å²) in [5.41, 5.74) is 0.796. The number of methoxy groups -OCH3 is 1. The number of carbonyl (C=O) groups excluding carboxylic acids is 1. The van der Waals surface area contributed by atoms with Gasteiger partial charge in [-0.3, -0.25) is 0 Å². The summed E-state index contributed by atoms with van der Waals surface area (Å²) < 4.78 is 4.44. The highest BCUT2D eigenvalue weighted by Crippen LogP contribution is 2.22. The number of carboxylic acids is 1. The maximum Gasteiger partial charge on any atom is 0.384 e. The summed E-state index contributed by atoms with van der Waals surface area (Å²) in [6, 6.07) is 10.1. The van der Waals surface area contributed by atoms with Crippen LogP contribution in [-0.4, -0.2) is 24.2 Å². The molecule has 0 atom stereocenters. The van der Waals surface area contributed by atoms with Crippen LogP contribution in [0, 0.1) is 11.8 Å². The van der Waals surface area contributed by atoms with Gasteiger partial charge in [-0.25, -0.2) is 9.59 Å². The van der Waals surface area contributed by atoms with E-state index in [1.54, 1.807) is 30.3 Å². The molecule has 0 aliphatic rings. The van der Waals surface area contributed by atoms with Gasteiger partial charge in [0.2, 0.25) is 0 Å². The van der Waals surface area contributed by atoms with Crippen molar-refractivity contribution >= 4 is 22.7 Å². The quantitative estimate of drug-likeness (QED) is 0.625. The average Bonchev–Trinajstić information content (AvgIpc) is 2.43. The predicted octanol–water partition coefficient (Wildman–Crippen LogP) is 2.06. The fourth-order valence-corrected chi connectivity index (χ4v) is 1.77. The highest BCUT2D eigenvalue weighted by atomic mass is 16.5. The summed E-state index contributed by atoms with van der Waals surface area (Å²) in [5.74, 6) is 3.39. The van der Waals surface area contributed by atoms with Crippen molar-refractivity contribution in [3.63, 3.8) is 0 Å². The number of ether oxygens (including phenoxy) is 1. The van der Waals surface area contributed by atoms with Crippen LogP contribution in [0.5, 0.6) is 0 Å². The Kier molecular flexibility index (Phi) is 3.48. The second-order valence-corrected chi connectivity index (χ2v) is 3.75. The molecule has 0 saturated heterocycles.